The smallest absolute Gasteiger partial charge is 0.330 e. The third kappa shape index (κ3) is 2.32. The molecule has 0 N–H and O–H groups in total. The first kappa shape index (κ1) is 14.9. The Morgan fingerprint density at radius 3 is 2.39 bits per heavy atom. The van der Waals surface area contributed by atoms with Gasteiger partial charge >= 0.3 is 5.97 Å². The molecule has 1 spiro atoms. The molecule has 1 heterocycles. The van der Waals surface area contributed by atoms with Crippen LogP contribution in [-0.4, -0.2) is 23.6 Å². The van der Waals surface area contributed by atoms with Crippen LogP contribution in [0, 0.1) is 0 Å². The maximum Gasteiger partial charge on any atom is 0.330 e. The van der Waals surface area contributed by atoms with Gasteiger partial charge in [0.05, 0.1) is 5.25 Å². The van der Waals surface area contributed by atoms with Crippen molar-refractivity contribution in [2.24, 2.45) is 0 Å². The number of rotatable bonds is 3. The zero-order chi connectivity index (χ0) is 15.9. The van der Waals surface area contributed by atoms with Gasteiger partial charge in [0.25, 0.3) is 0 Å². The highest BCUT2D eigenvalue weighted by molar-refractivity contribution is 8.21. The minimum Gasteiger partial charge on any atom is -0.461 e. The molecule has 1 aliphatic carbocycles. The second-order valence-electron chi connectivity index (χ2n) is 5.59. The van der Waals surface area contributed by atoms with E-state index in [2.05, 4.69) is 55.1 Å². The molecule has 0 saturated carbocycles. The van der Waals surface area contributed by atoms with E-state index >= 15 is 0 Å². The summed E-state index contributed by atoms with van der Waals surface area (Å²) in [5.74, 6) is 0.626. The Bertz CT molecular complexity index is 739. The monoisotopic (exact) mass is 340 g/mol. The summed E-state index contributed by atoms with van der Waals surface area (Å²) < 4.78 is 5.19. The van der Waals surface area contributed by atoms with E-state index in [1.54, 1.807) is 0 Å². The van der Waals surface area contributed by atoms with Crippen LogP contribution in [0.25, 0.3) is 11.1 Å². The molecule has 1 fully saturated rings. The van der Waals surface area contributed by atoms with Crippen LogP contribution in [0.2, 0.25) is 0 Å². The van der Waals surface area contributed by atoms with Crippen molar-refractivity contribution in [1.29, 1.82) is 0 Å². The SMILES string of the molecule is C=CC(=O)OCC1CSC2(S1)c1ccccc1-c1ccccc12. The molecule has 23 heavy (non-hydrogen) atoms. The number of ether oxygens (including phenoxy) is 1. The van der Waals surface area contributed by atoms with E-state index in [-0.39, 0.29) is 10.0 Å². The van der Waals surface area contributed by atoms with Gasteiger partial charge in [0, 0.05) is 11.8 Å². The molecule has 1 saturated heterocycles. The summed E-state index contributed by atoms with van der Waals surface area (Å²) in [6.07, 6.45) is 1.22. The molecule has 2 aromatic rings. The lowest BCUT2D eigenvalue weighted by Gasteiger charge is -2.25. The van der Waals surface area contributed by atoms with E-state index in [0.717, 1.165) is 5.75 Å². The van der Waals surface area contributed by atoms with Gasteiger partial charge in [-0.3, -0.25) is 0 Å². The topological polar surface area (TPSA) is 26.3 Å². The van der Waals surface area contributed by atoms with Gasteiger partial charge in [-0.25, -0.2) is 4.79 Å². The highest BCUT2D eigenvalue weighted by Gasteiger charge is 2.49. The number of carbonyl (C=O) groups is 1. The van der Waals surface area contributed by atoms with E-state index < -0.39 is 0 Å². The molecule has 1 aliphatic heterocycles. The van der Waals surface area contributed by atoms with Gasteiger partial charge in [-0.05, 0) is 22.3 Å². The fourth-order valence-electron chi connectivity index (χ4n) is 3.27. The minimum atomic E-state index is -0.344. The van der Waals surface area contributed by atoms with Crippen LogP contribution in [-0.2, 0) is 13.6 Å². The lowest BCUT2D eigenvalue weighted by atomic mass is 10.1. The quantitative estimate of drug-likeness (QED) is 0.609. The fourth-order valence-corrected chi connectivity index (χ4v) is 7.03. The van der Waals surface area contributed by atoms with Crippen LogP contribution in [0.15, 0.2) is 61.2 Å². The van der Waals surface area contributed by atoms with Crippen molar-refractivity contribution in [3.8, 4) is 11.1 Å². The summed E-state index contributed by atoms with van der Waals surface area (Å²) in [6, 6.07) is 17.3. The summed E-state index contributed by atoms with van der Waals surface area (Å²) in [4.78, 5) is 11.3. The molecule has 2 nitrogen and oxygen atoms in total. The van der Waals surface area contributed by atoms with Crippen molar-refractivity contribution in [2.75, 3.05) is 12.4 Å². The molecule has 1 atom stereocenters. The Balaban J connectivity index is 1.69. The van der Waals surface area contributed by atoms with Crippen LogP contribution >= 0.6 is 23.5 Å². The molecule has 4 rings (SSSR count). The molecule has 0 aromatic heterocycles. The van der Waals surface area contributed by atoms with Crippen LogP contribution in [0.5, 0.6) is 0 Å². The van der Waals surface area contributed by atoms with Gasteiger partial charge in [-0.15, -0.1) is 23.5 Å². The Kier molecular flexibility index (Phi) is 3.74. The summed E-state index contributed by atoms with van der Waals surface area (Å²) in [5.41, 5.74) is 5.39. The summed E-state index contributed by atoms with van der Waals surface area (Å²) >= 11 is 3.86. The van der Waals surface area contributed by atoms with E-state index in [1.165, 1.54) is 28.3 Å². The van der Waals surface area contributed by atoms with Crippen molar-refractivity contribution >= 4 is 29.5 Å². The lowest BCUT2D eigenvalue weighted by molar-refractivity contribution is -0.137. The number of hydrogen-bond acceptors (Lipinski definition) is 4. The molecule has 1 unspecified atom stereocenters. The lowest BCUT2D eigenvalue weighted by Crippen LogP contribution is -2.17. The molecular formula is C19H16O2S2. The number of benzene rings is 2. The number of thioether (sulfide) groups is 2. The predicted molar refractivity (Wildman–Crippen MR) is 97.7 cm³/mol. The van der Waals surface area contributed by atoms with E-state index in [1.807, 2.05) is 23.5 Å². The van der Waals surface area contributed by atoms with Gasteiger partial charge in [0.15, 0.2) is 0 Å². The summed E-state index contributed by atoms with van der Waals surface area (Å²) in [7, 11) is 0. The Labute approximate surface area is 144 Å². The maximum atomic E-state index is 11.3. The maximum absolute atomic E-state index is 11.3. The summed E-state index contributed by atoms with van der Waals surface area (Å²) in [6.45, 7) is 3.89. The molecule has 2 aliphatic rings. The van der Waals surface area contributed by atoms with E-state index in [4.69, 9.17) is 4.74 Å². The van der Waals surface area contributed by atoms with Gasteiger partial charge in [-0.2, -0.15) is 0 Å². The van der Waals surface area contributed by atoms with Crippen LogP contribution in [0.3, 0.4) is 0 Å². The molecule has 0 amide bonds. The first-order valence-electron chi connectivity index (χ1n) is 7.55. The first-order valence-corrected chi connectivity index (χ1v) is 9.41. The second kappa shape index (κ2) is 5.77. The Hall–Kier alpha value is -1.65. The van der Waals surface area contributed by atoms with Crippen LogP contribution in [0.4, 0.5) is 0 Å². The van der Waals surface area contributed by atoms with Gasteiger partial charge in [0.2, 0.25) is 0 Å². The van der Waals surface area contributed by atoms with Crippen LogP contribution in [0.1, 0.15) is 11.1 Å². The minimum absolute atomic E-state index is 0.0710. The fraction of sp³-hybridized carbons (Fsp3) is 0.211. The van der Waals surface area contributed by atoms with Crippen molar-refractivity contribution in [3.05, 3.63) is 72.3 Å². The third-order valence-electron chi connectivity index (χ3n) is 4.24. The Morgan fingerprint density at radius 2 is 1.78 bits per heavy atom. The van der Waals surface area contributed by atoms with Gasteiger partial charge in [0.1, 0.15) is 10.7 Å². The van der Waals surface area contributed by atoms with Gasteiger partial charge in [-0.1, -0.05) is 55.1 Å². The molecule has 2 aromatic carbocycles. The number of esters is 1. The number of hydrogen-bond donors (Lipinski definition) is 0. The number of carbonyl (C=O) groups excluding carboxylic acids is 1. The highest BCUT2D eigenvalue weighted by Crippen LogP contribution is 2.65. The van der Waals surface area contributed by atoms with Crippen molar-refractivity contribution in [3.63, 3.8) is 0 Å². The average Bonchev–Trinajstić information content (AvgIpc) is 3.15. The van der Waals surface area contributed by atoms with Gasteiger partial charge < -0.3 is 4.74 Å². The van der Waals surface area contributed by atoms with Crippen LogP contribution < -0.4 is 0 Å². The zero-order valence-electron chi connectivity index (χ0n) is 12.5. The standard InChI is InChI=1S/C19H16O2S2/c1-2-18(20)21-11-13-12-22-19(23-13)16-9-5-3-7-14(16)15-8-4-6-10-17(15)19/h2-10,13H,1,11-12H2. The Morgan fingerprint density at radius 1 is 1.17 bits per heavy atom. The highest BCUT2D eigenvalue weighted by atomic mass is 32.2. The molecular weight excluding hydrogens is 324 g/mol. The normalized spacial score (nSPS) is 20.1. The number of fused-ring (bicyclic) bond motifs is 5. The van der Waals surface area contributed by atoms with Crippen molar-refractivity contribution < 1.29 is 9.53 Å². The molecule has 116 valence electrons. The van der Waals surface area contributed by atoms with E-state index in [0.29, 0.717) is 11.9 Å². The van der Waals surface area contributed by atoms with Crippen molar-refractivity contribution in [2.45, 2.75) is 9.33 Å². The molecule has 4 heteroatoms. The average molecular weight is 340 g/mol. The second-order valence-corrected chi connectivity index (χ2v) is 8.60. The zero-order valence-corrected chi connectivity index (χ0v) is 14.2. The largest absolute Gasteiger partial charge is 0.461 e. The summed E-state index contributed by atoms with van der Waals surface area (Å²) in [5, 5.41) is 0.295. The first-order chi connectivity index (χ1) is 11.2. The predicted octanol–water partition coefficient (Wildman–Crippen LogP) is 4.45. The van der Waals surface area contributed by atoms with Crippen molar-refractivity contribution in [1.82, 2.24) is 0 Å². The third-order valence-corrected chi connectivity index (χ3v) is 7.91. The van der Waals surface area contributed by atoms with E-state index in [9.17, 15) is 4.79 Å². The molecule has 0 bridgehead atoms. The molecule has 0 radical (unpaired) electrons.